The van der Waals surface area contributed by atoms with Crippen LogP contribution in [0.15, 0.2) is 24.4 Å². The molecule has 0 radical (unpaired) electrons. The van der Waals surface area contributed by atoms with Crippen LogP contribution in [-0.4, -0.2) is 16.1 Å². The molecule has 0 aromatic carbocycles. The number of hydroxylamine groups is 1. The average molecular weight is 218 g/mol. The van der Waals surface area contributed by atoms with Gasteiger partial charge in [-0.2, -0.15) is 0 Å². The second kappa shape index (κ2) is 4.45. The van der Waals surface area contributed by atoms with Crippen LogP contribution in [0.3, 0.4) is 0 Å². The van der Waals surface area contributed by atoms with E-state index in [1.165, 1.54) is 0 Å². The van der Waals surface area contributed by atoms with Crippen molar-refractivity contribution in [2.24, 2.45) is 5.92 Å². The van der Waals surface area contributed by atoms with Crippen LogP contribution in [-0.2, 0) is 4.79 Å². The lowest BCUT2D eigenvalue weighted by molar-refractivity contribution is -0.131. The van der Waals surface area contributed by atoms with E-state index < -0.39 is 0 Å². The summed E-state index contributed by atoms with van der Waals surface area (Å²) in [6, 6.07) is 3.90. The molecule has 4 heteroatoms. The van der Waals surface area contributed by atoms with Gasteiger partial charge in [-0.1, -0.05) is 12.1 Å². The molecule has 0 spiro atoms. The van der Waals surface area contributed by atoms with Crippen LogP contribution in [0, 0.1) is 12.8 Å². The highest BCUT2D eigenvalue weighted by Gasteiger charge is 2.23. The number of hydrogen-bond donors (Lipinski definition) is 2. The molecule has 16 heavy (non-hydrogen) atoms. The number of allylic oxidation sites excluding steroid dienone is 1. The molecule has 1 unspecified atom stereocenters. The smallest absolute Gasteiger partial charge is 0.250 e. The van der Waals surface area contributed by atoms with Gasteiger partial charge < -0.3 is 0 Å². The van der Waals surface area contributed by atoms with Crippen LogP contribution < -0.4 is 5.48 Å². The van der Waals surface area contributed by atoms with Gasteiger partial charge in [-0.05, 0) is 37.0 Å². The van der Waals surface area contributed by atoms with Crippen LogP contribution >= 0.6 is 0 Å². The van der Waals surface area contributed by atoms with Crippen molar-refractivity contribution in [2.75, 3.05) is 0 Å². The third kappa shape index (κ3) is 1.97. The predicted octanol–water partition coefficient (Wildman–Crippen LogP) is 1.69. The summed E-state index contributed by atoms with van der Waals surface area (Å²) in [5.41, 5.74) is 4.90. The third-order valence-corrected chi connectivity index (χ3v) is 2.93. The third-order valence-electron chi connectivity index (χ3n) is 2.93. The molecule has 1 atom stereocenters. The fraction of sp³-hybridized carbons (Fsp3) is 0.333. The fourth-order valence-corrected chi connectivity index (χ4v) is 2.06. The number of amides is 1. The van der Waals surface area contributed by atoms with Gasteiger partial charge in [0.2, 0.25) is 5.91 Å². The Morgan fingerprint density at radius 1 is 1.62 bits per heavy atom. The molecule has 1 aromatic heterocycles. The van der Waals surface area contributed by atoms with E-state index in [0.29, 0.717) is 0 Å². The molecular formula is C12H14N2O2. The minimum atomic E-state index is -0.337. The standard InChI is InChI=1S/C12H14N2O2/c1-8-11(3-2-6-13-8)9-4-5-10(7-9)12(15)14-16/h2-3,6-7,10,16H,4-5H2,1H3,(H,14,15). The SMILES string of the molecule is Cc1ncccc1C1=CC(C(=O)NO)CC1. The normalized spacial score (nSPS) is 19.4. The molecule has 1 aliphatic rings. The zero-order valence-electron chi connectivity index (χ0n) is 9.10. The van der Waals surface area contributed by atoms with Crippen molar-refractivity contribution in [2.45, 2.75) is 19.8 Å². The highest BCUT2D eigenvalue weighted by Crippen LogP contribution is 2.32. The Morgan fingerprint density at radius 3 is 3.12 bits per heavy atom. The number of aryl methyl sites for hydroxylation is 1. The molecule has 0 aliphatic heterocycles. The van der Waals surface area contributed by atoms with Gasteiger partial charge >= 0.3 is 0 Å². The van der Waals surface area contributed by atoms with E-state index >= 15 is 0 Å². The van der Waals surface area contributed by atoms with E-state index in [-0.39, 0.29) is 11.8 Å². The van der Waals surface area contributed by atoms with Crippen LogP contribution in [0.4, 0.5) is 0 Å². The van der Waals surface area contributed by atoms with E-state index in [4.69, 9.17) is 5.21 Å². The summed E-state index contributed by atoms with van der Waals surface area (Å²) in [4.78, 5) is 15.5. The molecule has 4 nitrogen and oxygen atoms in total. The highest BCUT2D eigenvalue weighted by molar-refractivity contribution is 5.84. The Labute approximate surface area is 94.0 Å². The van der Waals surface area contributed by atoms with Gasteiger partial charge in [0.25, 0.3) is 0 Å². The van der Waals surface area contributed by atoms with E-state index in [9.17, 15) is 4.79 Å². The minimum absolute atomic E-state index is 0.223. The Hall–Kier alpha value is -1.68. The average Bonchev–Trinajstić information content (AvgIpc) is 2.78. The number of aromatic nitrogens is 1. The lowest BCUT2D eigenvalue weighted by atomic mass is 10.0. The Balaban J connectivity index is 2.25. The predicted molar refractivity (Wildman–Crippen MR) is 59.6 cm³/mol. The molecule has 2 N–H and O–H groups in total. The summed E-state index contributed by atoms with van der Waals surface area (Å²) in [7, 11) is 0. The summed E-state index contributed by atoms with van der Waals surface area (Å²) in [5.74, 6) is -0.559. The summed E-state index contributed by atoms with van der Waals surface area (Å²) in [6.45, 7) is 1.95. The maximum absolute atomic E-state index is 11.3. The highest BCUT2D eigenvalue weighted by atomic mass is 16.5. The first-order valence-corrected chi connectivity index (χ1v) is 5.29. The van der Waals surface area contributed by atoms with E-state index in [1.807, 2.05) is 25.1 Å². The quantitative estimate of drug-likeness (QED) is 0.586. The first-order chi connectivity index (χ1) is 7.72. The molecule has 0 saturated carbocycles. The van der Waals surface area contributed by atoms with Gasteiger partial charge in [0.15, 0.2) is 0 Å². The molecule has 84 valence electrons. The summed E-state index contributed by atoms with van der Waals surface area (Å²) >= 11 is 0. The molecule has 2 rings (SSSR count). The van der Waals surface area contributed by atoms with E-state index in [2.05, 4.69) is 4.98 Å². The molecule has 0 saturated heterocycles. The Bertz CT molecular complexity index is 440. The zero-order chi connectivity index (χ0) is 11.5. The lowest BCUT2D eigenvalue weighted by Crippen LogP contribution is -2.25. The van der Waals surface area contributed by atoms with E-state index in [0.717, 1.165) is 29.7 Å². The van der Waals surface area contributed by atoms with Gasteiger partial charge in [-0.3, -0.25) is 15.0 Å². The topological polar surface area (TPSA) is 62.2 Å². The van der Waals surface area contributed by atoms with Crippen LogP contribution in [0.5, 0.6) is 0 Å². The molecular weight excluding hydrogens is 204 g/mol. The summed E-state index contributed by atoms with van der Waals surface area (Å²) < 4.78 is 0. The second-order valence-corrected chi connectivity index (χ2v) is 3.95. The van der Waals surface area contributed by atoms with E-state index in [1.54, 1.807) is 11.7 Å². The fourth-order valence-electron chi connectivity index (χ4n) is 2.06. The monoisotopic (exact) mass is 218 g/mol. The Kier molecular flexibility index (Phi) is 3.01. The second-order valence-electron chi connectivity index (χ2n) is 3.95. The summed E-state index contributed by atoms with van der Waals surface area (Å²) in [5, 5.41) is 8.57. The zero-order valence-corrected chi connectivity index (χ0v) is 9.10. The van der Waals surface area contributed by atoms with Crippen molar-refractivity contribution in [1.29, 1.82) is 0 Å². The number of pyridine rings is 1. The maximum atomic E-state index is 11.3. The van der Waals surface area contributed by atoms with Gasteiger partial charge in [0, 0.05) is 11.9 Å². The number of rotatable bonds is 2. The van der Waals surface area contributed by atoms with Crippen molar-refractivity contribution >= 4 is 11.5 Å². The van der Waals surface area contributed by atoms with Crippen molar-refractivity contribution in [3.05, 3.63) is 35.7 Å². The first kappa shape index (κ1) is 10.8. The largest absolute Gasteiger partial charge is 0.289 e. The molecule has 1 aliphatic carbocycles. The van der Waals surface area contributed by atoms with Crippen LogP contribution in [0.1, 0.15) is 24.1 Å². The first-order valence-electron chi connectivity index (χ1n) is 5.29. The summed E-state index contributed by atoms with van der Waals surface area (Å²) in [6.07, 6.45) is 5.27. The van der Waals surface area contributed by atoms with Gasteiger partial charge in [0.05, 0.1) is 5.92 Å². The molecule has 0 bridgehead atoms. The number of hydrogen-bond acceptors (Lipinski definition) is 3. The molecule has 1 aromatic rings. The number of nitrogens with zero attached hydrogens (tertiary/aromatic N) is 1. The van der Waals surface area contributed by atoms with Crippen molar-refractivity contribution < 1.29 is 10.0 Å². The van der Waals surface area contributed by atoms with Gasteiger partial charge in [0.1, 0.15) is 0 Å². The molecule has 1 amide bonds. The number of carbonyl (C=O) groups excluding carboxylic acids is 1. The molecule has 0 fully saturated rings. The van der Waals surface area contributed by atoms with Crippen molar-refractivity contribution in [3.8, 4) is 0 Å². The minimum Gasteiger partial charge on any atom is -0.289 e. The maximum Gasteiger partial charge on any atom is 0.250 e. The van der Waals surface area contributed by atoms with Crippen LogP contribution in [0.2, 0.25) is 0 Å². The van der Waals surface area contributed by atoms with Gasteiger partial charge in [-0.25, -0.2) is 5.48 Å². The lowest BCUT2D eigenvalue weighted by Gasteiger charge is -2.04. The van der Waals surface area contributed by atoms with Gasteiger partial charge in [-0.15, -0.1) is 0 Å². The number of carbonyl (C=O) groups is 1. The van der Waals surface area contributed by atoms with Crippen molar-refractivity contribution in [1.82, 2.24) is 10.5 Å². The number of nitrogens with one attached hydrogen (secondary N) is 1. The Morgan fingerprint density at radius 2 is 2.44 bits per heavy atom. The van der Waals surface area contributed by atoms with Crippen molar-refractivity contribution in [3.63, 3.8) is 0 Å². The van der Waals surface area contributed by atoms with Crippen LogP contribution in [0.25, 0.3) is 5.57 Å². The molecule has 1 heterocycles.